The van der Waals surface area contributed by atoms with Gasteiger partial charge in [-0.05, 0) is 25.3 Å². The highest BCUT2D eigenvalue weighted by molar-refractivity contribution is 5.95. The molecule has 2 N–H and O–H groups in total. The predicted octanol–water partition coefficient (Wildman–Crippen LogP) is 2.55. The zero-order valence-corrected chi connectivity index (χ0v) is 11.3. The SMILES string of the molecule is C/C=C/CC(NC(=O)c1occc1C(C)C)C(=O)O. The molecule has 0 bridgehead atoms. The molecule has 0 aliphatic rings. The maximum Gasteiger partial charge on any atom is 0.326 e. The highest BCUT2D eigenvalue weighted by atomic mass is 16.4. The Labute approximate surface area is 112 Å². The van der Waals surface area contributed by atoms with Crippen LogP contribution in [0, 0.1) is 0 Å². The zero-order chi connectivity index (χ0) is 14.4. The van der Waals surface area contributed by atoms with Crippen molar-refractivity contribution in [2.45, 2.75) is 39.2 Å². The molecule has 1 atom stereocenters. The Morgan fingerprint density at radius 3 is 2.68 bits per heavy atom. The van der Waals surface area contributed by atoms with Crippen LogP contribution in [0.4, 0.5) is 0 Å². The molecule has 0 aromatic carbocycles. The molecule has 19 heavy (non-hydrogen) atoms. The standard InChI is InChI=1S/C14H19NO4/c1-4-5-6-11(14(17)18)15-13(16)12-10(9(2)3)7-8-19-12/h4-5,7-9,11H,6H2,1-3H3,(H,15,16)(H,17,18)/b5-4+. The Hall–Kier alpha value is -2.04. The minimum Gasteiger partial charge on any atom is -0.480 e. The van der Waals surface area contributed by atoms with E-state index >= 15 is 0 Å². The number of carbonyl (C=O) groups excluding carboxylic acids is 1. The van der Waals surface area contributed by atoms with Crippen molar-refractivity contribution in [3.8, 4) is 0 Å². The van der Waals surface area contributed by atoms with Gasteiger partial charge in [-0.15, -0.1) is 0 Å². The van der Waals surface area contributed by atoms with Crippen molar-refractivity contribution in [2.75, 3.05) is 0 Å². The van der Waals surface area contributed by atoms with Gasteiger partial charge in [0, 0.05) is 5.56 Å². The quantitative estimate of drug-likeness (QED) is 0.775. The number of nitrogens with one attached hydrogen (secondary N) is 1. The summed E-state index contributed by atoms with van der Waals surface area (Å²) in [4.78, 5) is 23.1. The van der Waals surface area contributed by atoms with Gasteiger partial charge in [0.25, 0.3) is 5.91 Å². The van der Waals surface area contributed by atoms with E-state index in [0.29, 0.717) is 0 Å². The van der Waals surface area contributed by atoms with Gasteiger partial charge in [0.1, 0.15) is 6.04 Å². The largest absolute Gasteiger partial charge is 0.480 e. The molecular formula is C14H19NO4. The van der Waals surface area contributed by atoms with Crippen LogP contribution in [0.5, 0.6) is 0 Å². The fourth-order valence-electron chi connectivity index (χ4n) is 1.68. The first-order chi connectivity index (χ1) is 8.97. The van der Waals surface area contributed by atoms with Crippen LogP contribution in [0.15, 0.2) is 28.9 Å². The van der Waals surface area contributed by atoms with Gasteiger partial charge in [-0.2, -0.15) is 0 Å². The van der Waals surface area contributed by atoms with Gasteiger partial charge >= 0.3 is 5.97 Å². The third-order valence-electron chi connectivity index (χ3n) is 2.73. The maximum atomic E-state index is 12.0. The summed E-state index contributed by atoms with van der Waals surface area (Å²) in [6.45, 7) is 5.68. The lowest BCUT2D eigenvalue weighted by molar-refractivity contribution is -0.139. The predicted molar refractivity (Wildman–Crippen MR) is 71.1 cm³/mol. The van der Waals surface area contributed by atoms with Crippen LogP contribution >= 0.6 is 0 Å². The number of hydrogen-bond acceptors (Lipinski definition) is 3. The van der Waals surface area contributed by atoms with E-state index < -0.39 is 17.9 Å². The first-order valence-corrected chi connectivity index (χ1v) is 6.19. The fraction of sp³-hybridized carbons (Fsp3) is 0.429. The Balaban J connectivity index is 2.82. The van der Waals surface area contributed by atoms with Gasteiger partial charge in [-0.3, -0.25) is 4.79 Å². The molecule has 1 amide bonds. The van der Waals surface area contributed by atoms with E-state index in [1.807, 2.05) is 13.8 Å². The summed E-state index contributed by atoms with van der Waals surface area (Å²) >= 11 is 0. The van der Waals surface area contributed by atoms with Crippen LogP contribution < -0.4 is 5.32 Å². The van der Waals surface area contributed by atoms with Gasteiger partial charge < -0.3 is 14.8 Å². The Morgan fingerprint density at radius 1 is 1.47 bits per heavy atom. The van der Waals surface area contributed by atoms with Gasteiger partial charge in [0.05, 0.1) is 6.26 Å². The number of allylic oxidation sites excluding steroid dienone is 1. The molecule has 0 spiro atoms. The molecule has 0 aliphatic heterocycles. The molecule has 0 aliphatic carbocycles. The molecule has 5 nitrogen and oxygen atoms in total. The van der Waals surface area contributed by atoms with E-state index in [9.17, 15) is 9.59 Å². The summed E-state index contributed by atoms with van der Waals surface area (Å²) < 4.78 is 5.15. The van der Waals surface area contributed by atoms with E-state index in [0.717, 1.165) is 5.56 Å². The number of carboxylic acids is 1. The highest BCUT2D eigenvalue weighted by Crippen LogP contribution is 2.20. The average Bonchev–Trinajstić information content (AvgIpc) is 2.83. The molecule has 0 saturated carbocycles. The van der Waals surface area contributed by atoms with Crippen molar-refractivity contribution < 1.29 is 19.1 Å². The van der Waals surface area contributed by atoms with Gasteiger partial charge in [-0.1, -0.05) is 26.0 Å². The summed E-state index contributed by atoms with van der Waals surface area (Å²) in [5.41, 5.74) is 0.771. The second-order valence-corrected chi connectivity index (χ2v) is 4.53. The summed E-state index contributed by atoms with van der Waals surface area (Å²) in [5, 5.41) is 11.5. The van der Waals surface area contributed by atoms with Crippen LogP contribution in [0.3, 0.4) is 0 Å². The minimum atomic E-state index is -1.07. The fourth-order valence-corrected chi connectivity index (χ4v) is 1.68. The minimum absolute atomic E-state index is 0.137. The van der Waals surface area contributed by atoms with E-state index in [1.54, 1.807) is 25.1 Å². The van der Waals surface area contributed by atoms with Crippen molar-refractivity contribution in [1.82, 2.24) is 5.32 Å². The number of furan rings is 1. The summed E-state index contributed by atoms with van der Waals surface area (Å²) in [5.74, 6) is -1.24. The third kappa shape index (κ3) is 3.98. The molecule has 1 heterocycles. The van der Waals surface area contributed by atoms with Crippen LogP contribution in [0.25, 0.3) is 0 Å². The molecule has 0 fully saturated rings. The number of rotatable bonds is 6. The lowest BCUT2D eigenvalue weighted by Gasteiger charge is -2.12. The lowest BCUT2D eigenvalue weighted by Crippen LogP contribution is -2.40. The molecular weight excluding hydrogens is 246 g/mol. The van der Waals surface area contributed by atoms with Gasteiger partial charge in [0.2, 0.25) is 0 Å². The topological polar surface area (TPSA) is 79.5 Å². The lowest BCUT2D eigenvalue weighted by atomic mass is 10.0. The van der Waals surface area contributed by atoms with Crippen molar-refractivity contribution in [3.63, 3.8) is 0 Å². The number of hydrogen-bond donors (Lipinski definition) is 2. The monoisotopic (exact) mass is 265 g/mol. The summed E-state index contributed by atoms with van der Waals surface area (Å²) in [6.07, 6.45) is 5.13. The van der Waals surface area contributed by atoms with Crippen LogP contribution in [-0.4, -0.2) is 23.0 Å². The van der Waals surface area contributed by atoms with E-state index in [1.165, 1.54) is 6.26 Å². The first-order valence-electron chi connectivity index (χ1n) is 6.19. The Bertz CT molecular complexity index is 474. The molecule has 104 valence electrons. The normalized spacial score (nSPS) is 12.8. The number of carbonyl (C=O) groups is 2. The third-order valence-corrected chi connectivity index (χ3v) is 2.73. The molecule has 0 saturated heterocycles. The molecule has 1 unspecified atom stereocenters. The van der Waals surface area contributed by atoms with Crippen LogP contribution in [-0.2, 0) is 4.79 Å². The second-order valence-electron chi connectivity index (χ2n) is 4.53. The molecule has 1 aromatic heterocycles. The molecule has 1 aromatic rings. The van der Waals surface area contributed by atoms with Crippen molar-refractivity contribution in [2.24, 2.45) is 0 Å². The van der Waals surface area contributed by atoms with Crippen molar-refractivity contribution >= 4 is 11.9 Å². The summed E-state index contributed by atoms with van der Waals surface area (Å²) in [6, 6.07) is 0.773. The number of carboxylic acid groups (broad SMARTS) is 1. The van der Waals surface area contributed by atoms with E-state index in [4.69, 9.17) is 9.52 Å². The van der Waals surface area contributed by atoms with Gasteiger partial charge in [-0.25, -0.2) is 4.79 Å². The van der Waals surface area contributed by atoms with Crippen LogP contribution in [0.1, 0.15) is 49.2 Å². The molecule has 1 rings (SSSR count). The Morgan fingerprint density at radius 2 is 2.16 bits per heavy atom. The van der Waals surface area contributed by atoms with E-state index in [2.05, 4.69) is 5.32 Å². The molecule has 5 heteroatoms. The van der Waals surface area contributed by atoms with Crippen molar-refractivity contribution in [3.05, 3.63) is 35.8 Å². The second kappa shape index (κ2) is 6.78. The van der Waals surface area contributed by atoms with Gasteiger partial charge in [0.15, 0.2) is 5.76 Å². The number of aliphatic carboxylic acids is 1. The average molecular weight is 265 g/mol. The Kier molecular flexibility index (Phi) is 5.36. The van der Waals surface area contributed by atoms with E-state index in [-0.39, 0.29) is 18.1 Å². The highest BCUT2D eigenvalue weighted by Gasteiger charge is 2.23. The first kappa shape index (κ1) is 15.0. The van der Waals surface area contributed by atoms with Crippen molar-refractivity contribution in [1.29, 1.82) is 0 Å². The smallest absolute Gasteiger partial charge is 0.326 e. The number of amides is 1. The van der Waals surface area contributed by atoms with Crippen LogP contribution in [0.2, 0.25) is 0 Å². The maximum absolute atomic E-state index is 12.0. The molecule has 0 radical (unpaired) electrons. The summed E-state index contributed by atoms with van der Waals surface area (Å²) in [7, 11) is 0. The zero-order valence-electron chi connectivity index (χ0n) is 11.3.